The first-order valence-corrected chi connectivity index (χ1v) is 6.40. The number of piperidine rings is 1. The van der Waals surface area contributed by atoms with E-state index in [0.717, 1.165) is 36.7 Å². The zero-order valence-corrected chi connectivity index (χ0v) is 12.5. The minimum atomic E-state index is 0. The van der Waals surface area contributed by atoms with Crippen molar-refractivity contribution in [3.05, 3.63) is 12.1 Å². The summed E-state index contributed by atoms with van der Waals surface area (Å²) in [7, 11) is 0. The first-order valence-electron chi connectivity index (χ1n) is 5.59. The molecule has 1 aliphatic rings. The molecule has 0 amide bonds. The number of thiazole rings is 1. The van der Waals surface area contributed by atoms with Crippen LogP contribution in [0.15, 0.2) is 10.7 Å². The molecule has 0 radical (unpaired) electrons. The maximum Gasteiger partial charge on any atom is 0.230 e. The number of hydrogen-bond acceptors (Lipinski definition) is 7. The maximum absolute atomic E-state index is 5.58. The summed E-state index contributed by atoms with van der Waals surface area (Å²) in [5, 5.41) is 7.82. The second kappa shape index (κ2) is 7.04. The summed E-state index contributed by atoms with van der Waals surface area (Å²) >= 11 is 1.37. The van der Waals surface area contributed by atoms with Crippen LogP contribution in [0.5, 0.6) is 0 Å². The summed E-state index contributed by atoms with van der Waals surface area (Å²) in [6.45, 7) is 2.02. The largest absolute Gasteiger partial charge is 0.375 e. The second-order valence-corrected chi connectivity index (χ2v) is 5.11. The number of nitrogens with zero attached hydrogens (tertiary/aromatic N) is 3. The predicted molar refractivity (Wildman–Crippen MR) is 79.2 cm³/mol. The molecule has 0 bridgehead atoms. The lowest BCUT2D eigenvalue weighted by Crippen LogP contribution is -2.26. The Balaban J connectivity index is 0.000000902. The highest BCUT2D eigenvalue weighted by molar-refractivity contribution is 7.18. The van der Waals surface area contributed by atoms with Crippen LogP contribution in [0.25, 0.3) is 10.7 Å². The summed E-state index contributed by atoms with van der Waals surface area (Å²) in [5.41, 5.74) is 5.58. The Morgan fingerprint density at radius 2 is 2.05 bits per heavy atom. The van der Waals surface area contributed by atoms with E-state index in [1.54, 1.807) is 6.20 Å². The van der Waals surface area contributed by atoms with Crippen LogP contribution in [0.3, 0.4) is 0 Å². The van der Waals surface area contributed by atoms with E-state index < -0.39 is 0 Å². The molecule has 19 heavy (non-hydrogen) atoms. The van der Waals surface area contributed by atoms with E-state index >= 15 is 0 Å². The molecule has 2 aromatic rings. The van der Waals surface area contributed by atoms with Gasteiger partial charge in [0.25, 0.3) is 0 Å². The molecule has 3 rings (SSSR count). The van der Waals surface area contributed by atoms with Gasteiger partial charge in [-0.25, -0.2) is 4.98 Å². The van der Waals surface area contributed by atoms with Crippen LogP contribution in [0, 0.1) is 0 Å². The molecule has 1 fully saturated rings. The van der Waals surface area contributed by atoms with Crippen molar-refractivity contribution in [3.63, 3.8) is 0 Å². The highest BCUT2D eigenvalue weighted by Crippen LogP contribution is 2.28. The van der Waals surface area contributed by atoms with Crippen LogP contribution >= 0.6 is 36.2 Å². The Bertz CT molecular complexity index is 511. The monoisotopic (exact) mass is 323 g/mol. The average Bonchev–Trinajstić information content (AvgIpc) is 2.98. The zero-order chi connectivity index (χ0) is 11.7. The molecule has 0 saturated carbocycles. The fourth-order valence-corrected chi connectivity index (χ4v) is 2.57. The van der Waals surface area contributed by atoms with Crippen LogP contribution in [-0.2, 0) is 0 Å². The number of nitrogens with one attached hydrogen (secondary N) is 1. The summed E-state index contributed by atoms with van der Waals surface area (Å²) in [6, 6.07) is 0. The first kappa shape index (κ1) is 16.2. The van der Waals surface area contributed by atoms with Crippen molar-refractivity contribution in [2.24, 2.45) is 0 Å². The molecule has 0 aliphatic carbocycles. The molecule has 3 heterocycles. The number of anilines is 1. The van der Waals surface area contributed by atoms with Gasteiger partial charge in [-0.15, -0.1) is 24.8 Å². The lowest BCUT2D eigenvalue weighted by Gasteiger charge is -2.18. The van der Waals surface area contributed by atoms with Crippen LogP contribution in [-0.4, -0.2) is 28.2 Å². The van der Waals surface area contributed by atoms with Gasteiger partial charge in [0, 0.05) is 5.92 Å². The number of halogens is 2. The van der Waals surface area contributed by atoms with Gasteiger partial charge in [0.1, 0.15) is 0 Å². The topological polar surface area (TPSA) is 89.9 Å². The molecule has 6 nitrogen and oxygen atoms in total. The molecule has 106 valence electrons. The minimum Gasteiger partial charge on any atom is -0.375 e. The van der Waals surface area contributed by atoms with Crippen molar-refractivity contribution in [1.29, 1.82) is 0 Å². The Morgan fingerprint density at radius 1 is 1.32 bits per heavy atom. The van der Waals surface area contributed by atoms with E-state index in [1.807, 2.05) is 0 Å². The smallest absolute Gasteiger partial charge is 0.230 e. The van der Waals surface area contributed by atoms with Gasteiger partial charge < -0.3 is 15.6 Å². The molecular formula is C10H15Cl2N5OS. The van der Waals surface area contributed by atoms with E-state index in [4.69, 9.17) is 10.3 Å². The predicted octanol–water partition coefficient (Wildman–Crippen LogP) is 2.09. The Hall–Kier alpha value is -0.890. The van der Waals surface area contributed by atoms with Crippen molar-refractivity contribution >= 4 is 41.3 Å². The van der Waals surface area contributed by atoms with Crippen molar-refractivity contribution in [3.8, 4) is 10.7 Å². The van der Waals surface area contributed by atoms with Gasteiger partial charge in [-0.2, -0.15) is 4.98 Å². The molecule has 0 atom stereocenters. The molecule has 0 spiro atoms. The Morgan fingerprint density at radius 3 is 2.68 bits per heavy atom. The Kier molecular flexibility index (Phi) is 5.99. The van der Waals surface area contributed by atoms with E-state index in [9.17, 15) is 0 Å². The number of nitrogens with two attached hydrogens (primary N) is 1. The fraction of sp³-hybridized carbons (Fsp3) is 0.500. The molecule has 1 aliphatic heterocycles. The molecule has 2 aromatic heterocycles. The van der Waals surface area contributed by atoms with E-state index in [2.05, 4.69) is 20.4 Å². The van der Waals surface area contributed by atoms with Gasteiger partial charge in [-0.1, -0.05) is 16.5 Å². The standard InChI is InChI=1S/C10H13N5OS.2ClH/c11-10-13-5-7(17-10)8-14-9(16-15-8)6-1-3-12-4-2-6;;/h5-6,12H,1-4H2,(H2,11,13);2*1H. The van der Waals surface area contributed by atoms with Crippen LogP contribution < -0.4 is 11.1 Å². The summed E-state index contributed by atoms with van der Waals surface area (Å²) in [5.74, 6) is 1.70. The van der Waals surface area contributed by atoms with Gasteiger partial charge >= 0.3 is 0 Å². The molecule has 0 unspecified atom stereocenters. The fourth-order valence-electron chi connectivity index (χ4n) is 1.96. The van der Waals surface area contributed by atoms with E-state index in [1.165, 1.54) is 11.3 Å². The van der Waals surface area contributed by atoms with Crippen molar-refractivity contribution in [1.82, 2.24) is 20.4 Å². The maximum atomic E-state index is 5.58. The number of rotatable bonds is 2. The lowest BCUT2D eigenvalue weighted by molar-refractivity contribution is 0.320. The van der Waals surface area contributed by atoms with Crippen LogP contribution in [0.4, 0.5) is 5.13 Å². The molecule has 3 N–H and O–H groups in total. The molecular weight excluding hydrogens is 309 g/mol. The Labute approximate surface area is 127 Å². The first-order chi connectivity index (χ1) is 8.33. The number of aromatic nitrogens is 3. The van der Waals surface area contributed by atoms with Crippen molar-refractivity contribution in [2.75, 3.05) is 18.8 Å². The van der Waals surface area contributed by atoms with E-state index in [-0.39, 0.29) is 24.8 Å². The molecule has 1 saturated heterocycles. The summed E-state index contributed by atoms with van der Waals surface area (Å²) < 4.78 is 5.32. The second-order valence-electron chi connectivity index (χ2n) is 4.04. The van der Waals surface area contributed by atoms with Gasteiger partial charge in [-0.3, -0.25) is 0 Å². The lowest BCUT2D eigenvalue weighted by atomic mass is 9.98. The molecule has 0 aromatic carbocycles. The number of nitrogen functional groups attached to an aromatic ring is 1. The summed E-state index contributed by atoms with van der Waals surface area (Å²) in [6.07, 6.45) is 3.77. The van der Waals surface area contributed by atoms with Crippen molar-refractivity contribution in [2.45, 2.75) is 18.8 Å². The highest BCUT2D eigenvalue weighted by Gasteiger charge is 2.22. The quantitative estimate of drug-likeness (QED) is 0.879. The van der Waals surface area contributed by atoms with Gasteiger partial charge in [0.2, 0.25) is 11.7 Å². The zero-order valence-electron chi connectivity index (χ0n) is 10.0. The normalized spacial score (nSPS) is 15.6. The highest BCUT2D eigenvalue weighted by atomic mass is 35.5. The number of hydrogen-bond donors (Lipinski definition) is 2. The third-order valence-corrected chi connectivity index (χ3v) is 3.70. The SMILES string of the molecule is Cl.Cl.Nc1ncc(-c2noc(C3CCNCC3)n2)s1. The van der Waals surface area contributed by atoms with Crippen LogP contribution in [0.2, 0.25) is 0 Å². The van der Waals surface area contributed by atoms with Crippen molar-refractivity contribution < 1.29 is 4.52 Å². The summed E-state index contributed by atoms with van der Waals surface area (Å²) in [4.78, 5) is 9.26. The average molecular weight is 324 g/mol. The van der Waals surface area contributed by atoms with Crippen LogP contribution in [0.1, 0.15) is 24.7 Å². The van der Waals surface area contributed by atoms with Gasteiger partial charge in [0.15, 0.2) is 5.13 Å². The third kappa shape index (κ3) is 3.56. The molecule has 9 heteroatoms. The third-order valence-electron chi connectivity index (χ3n) is 2.87. The minimum absolute atomic E-state index is 0. The van der Waals surface area contributed by atoms with Gasteiger partial charge in [-0.05, 0) is 25.9 Å². The van der Waals surface area contributed by atoms with E-state index in [0.29, 0.717) is 16.9 Å². The van der Waals surface area contributed by atoms with Gasteiger partial charge in [0.05, 0.1) is 11.1 Å².